The fourth-order valence-corrected chi connectivity index (χ4v) is 2.94. The molecule has 2 heterocycles. The average Bonchev–Trinajstić information content (AvgIpc) is 3.19. The average molecular weight is 327 g/mol. The van der Waals surface area contributed by atoms with Crippen LogP contribution in [0.25, 0.3) is 12.2 Å². The minimum Gasteiger partial charge on any atom is -0.496 e. The summed E-state index contributed by atoms with van der Waals surface area (Å²) in [5.41, 5.74) is 0.547. The number of thiazole rings is 1. The topological polar surface area (TPSA) is 72.3 Å². The van der Waals surface area contributed by atoms with E-state index in [9.17, 15) is 9.59 Å². The fraction of sp³-hybridized carbons (Fsp3) is 0.0588. The highest BCUT2D eigenvalue weighted by Gasteiger charge is 2.06. The van der Waals surface area contributed by atoms with Crippen LogP contribution in [-0.4, -0.2) is 17.9 Å². The van der Waals surface area contributed by atoms with Crippen LogP contribution in [0.4, 0.5) is 0 Å². The highest BCUT2D eigenvalue weighted by Crippen LogP contribution is 2.17. The van der Waals surface area contributed by atoms with Crippen LogP contribution in [0.2, 0.25) is 0 Å². The van der Waals surface area contributed by atoms with Gasteiger partial charge in [0, 0.05) is 11.6 Å². The molecule has 0 bridgehead atoms. The highest BCUT2D eigenvalue weighted by molar-refractivity contribution is 7.07. The van der Waals surface area contributed by atoms with Crippen LogP contribution in [0.3, 0.4) is 0 Å². The van der Waals surface area contributed by atoms with Gasteiger partial charge >= 0.3 is 0 Å². The van der Waals surface area contributed by atoms with Gasteiger partial charge in [0.1, 0.15) is 5.75 Å². The molecule has 1 N–H and O–H groups in total. The van der Waals surface area contributed by atoms with E-state index in [0.717, 1.165) is 5.56 Å². The molecule has 0 aliphatic heterocycles. The van der Waals surface area contributed by atoms with Crippen molar-refractivity contribution in [2.75, 3.05) is 7.11 Å². The summed E-state index contributed by atoms with van der Waals surface area (Å²) < 4.78 is 11.3. The van der Waals surface area contributed by atoms with Gasteiger partial charge in [0.05, 0.1) is 22.6 Å². The Morgan fingerprint density at radius 1 is 1.26 bits per heavy atom. The maximum atomic E-state index is 12.0. The molecule has 0 atom stereocenters. The molecule has 116 valence electrons. The molecule has 0 radical (unpaired) electrons. The van der Waals surface area contributed by atoms with Gasteiger partial charge in [-0.2, -0.15) is 0 Å². The number of hydrogen-bond donors (Lipinski definition) is 1. The number of ether oxygens (including phenoxy) is 1. The molecule has 0 unspecified atom stereocenters. The summed E-state index contributed by atoms with van der Waals surface area (Å²) in [6.45, 7) is 0. The lowest BCUT2D eigenvalue weighted by Crippen LogP contribution is -2.20. The normalized spacial score (nSPS) is 12.6. The molecule has 3 aromatic rings. The Labute approximate surface area is 135 Å². The summed E-state index contributed by atoms with van der Waals surface area (Å²) in [6, 6.07) is 10.6. The summed E-state index contributed by atoms with van der Waals surface area (Å²) >= 11 is 1.20. The lowest BCUT2D eigenvalue weighted by atomic mass is 10.2. The minimum absolute atomic E-state index is 0.231. The number of aromatic nitrogens is 1. The number of carbonyl (C=O) groups is 1. The number of carbonyl (C=O) groups excluding carboxylic acids is 1. The second-order valence-electron chi connectivity index (χ2n) is 4.66. The molecule has 0 saturated carbocycles. The first-order valence-corrected chi connectivity index (χ1v) is 7.62. The third-order valence-corrected chi connectivity index (χ3v) is 4.10. The summed E-state index contributed by atoms with van der Waals surface area (Å²) in [4.78, 5) is 26.7. The van der Waals surface area contributed by atoms with E-state index in [1.807, 2.05) is 24.3 Å². The zero-order valence-corrected chi connectivity index (χ0v) is 13.1. The van der Waals surface area contributed by atoms with E-state index in [1.54, 1.807) is 25.3 Å². The number of methoxy groups -OCH3 is 1. The minimum atomic E-state index is -0.295. The van der Waals surface area contributed by atoms with Crippen molar-refractivity contribution in [1.29, 1.82) is 0 Å². The van der Waals surface area contributed by atoms with Gasteiger partial charge in [0.2, 0.25) is 5.78 Å². The van der Waals surface area contributed by atoms with Crippen LogP contribution in [0.1, 0.15) is 16.1 Å². The van der Waals surface area contributed by atoms with Crippen LogP contribution >= 0.6 is 11.3 Å². The van der Waals surface area contributed by atoms with Crippen molar-refractivity contribution in [3.63, 3.8) is 0 Å². The van der Waals surface area contributed by atoms with E-state index in [0.29, 0.717) is 14.9 Å². The van der Waals surface area contributed by atoms with Gasteiger partial charge in [-0.25, -0.2) is 0 Å². The van der Waals surface area contributed by atoms with Crippen LogP contribution in [0.15, 0.2) is 51.9 Å². The van der Waals surface area contributed by atoms with Gasteiger partial charge in [0.15, 0.2) is 5.76 Å². The largest absolute Gasteiger partial charge is 0.496 e. The SMILES string of the molecule is COc1ccccc1C=c1sc(=CC(=O)c2ccco2)[nH]c1=O. The van der Waals surface area contributed by atoms with E-state index >= 15 is 0 Å². The standard InChI is InChI=1S/C17H13NO4S/c1-21-13-6-3-2-5-11(13)9-15-17(20)18-16(23-15)10-12(19)14-7-4-8-22-14/h2-10H,1H3,(H,18,20). The molecule has 0 aliphatic rings. The number of benzene rings is 1. The number of hydrogen-bond acceptors (Lipinski definition) is 5. The first kappa shape index (κ1) is 15.1. The van der Waals surface area contributed by atoms with Crippen molar-refractivity contribution in [2.45, 2.75) is 0 Å². The van der Waals surface area contributed by atoms with Gasteiger partial charge in [-0.15, -0.1) is 11.3 Å². The number of aromatic amines is 1. The quantitative estimate of drug-likeness (QED) is 0.738. The Hall–Kier alpha value is -2.86. The second kappa shape index (κ2) is 6.50. The Morgan fingerprint density at radius 3 is 2.83 bits per heavy atom. The predicted molar refractivity (Wildman–Crippen MR) is 88.3 cm³/mol. The predicted octanol–water partition coefficient (Wildman–Crippen LogP) is 1.53. The summed E-state index contributed by atoms with van der Waals surface area (Å²) in [6.07, 6.45) is 4.51. The highest BCUT2D eigenvalue weighted by atomic mass is 32.1. The molecule has 23 heavy (non-hydrogen) atoms. The molecule has 5 nitrogen and oxygen atoms in total. The molecule has 1 aromatic carbocycles. The van der Waals surface area contributed by atoms with Crippen LogP contribution in [0.5, 0.6) is 5.75 Å². The first-order chi connectivity index (χ1) is 11.2. The van der Waals surface area contributed by atoms with E-state index in [4.69, 9.17) is 9.15 Å². The smallest absolute Gasteiger partial charge is 0.266 e. The molecule has 0 aliphatic carbocycles. The number of ketones is 1. The van der Waals surface area contributed by atoms with Crippen molar-refractivity contribution < 1.29 is 13.9 Å². The third-order valence-electron chi connectivity index (χ3n) is 3.13. The maximum absolute atomic E-state index is 12.0. The van der Waals surface area contributed by atoms with Gasteiger partial charge in [0.25, 0.3) is 5.56 Å². The molecule has 2 aromatic heterocycles. The molecule has 0 saturated heterocycles. The van der Waals surface area contributed by atoms with Crippen LogP contribution in [-0.2, 0) is 0 Å². The Kier molecular flexibility index (Phi) is 4.25. The molecule has 3 rings (SSSR count). The van der Waals surface area contributed by atoms with E-state index in [-0.39, 0.29) is 17.1 Å². The summed E-state index contributed by atoms with van der Waals surface area (Å²) in [5.74, 6) is 0.614. The molecule has 0 amide bonds. The molecule has 0 spiro atoms. The van der Waals surface area contributed by atoms with Gasteiger partial charge in [-0.1, -0.05) is 18.2 Å². The lowest BCUT2D eigenvalue weighted by Gasteiger charge is -2.02. The Balaban J connectivity index is 2.03. The van der Waals surface area contributed by atoms with Crippen molar-refractivity contribution >= 4 is 29.3 Å². The van der Waals surface area contributed by atoms with Gasteiger partial charge < -0.3 is 14.1 Å². The number of nitrogens with one attached hydrogen (secondary N) is 1. The third kappa shape index (κ3) is 3.32. The zero-order valence-electron chi connectivity index (χ0n) is 12.2. The molecule has 6 heteroatoms. The second-order valence-corrected chi connectivity index (χ2v) is 5.74. The van der Waals surface area contributed by atoms with Gasteiger partial charge in [-0.05, 0) is 24.3 Å². The van der Waals surface area contributed by atoms with Crippen LogP contribution in [0, 0.1) is 0 Å². The van der Waals surface area contributed by atoms with Gasteiger partial charge in [-0.3, -0.25) is 9.59 Å². The van der Waals surface area contributed by atoms with Crippen molar-refractivity contribution in [1.82, 2.24) is 4.98 Å². The molecular formula is C17H13NO4S. The van der Waals surface area contributed by atoms with E-state index in [1.165, 1.54) is 23.7 Å². The van der Waals surface area contributed by atoms with Crippen molar-refractivity contribution in [2.24, 2.45) is 0 Å². The van der Waals surface area contributed by atoms with E-state index < -0.39 is 0 Å². The van der Waals surface area contributed by atoms with Crippen LogP contribution < -0.4 is 19.5 Å². The lowest BCUT2D eigenvalue weighted by molar-refractivity contribution is 0.103. The Bertz CT molecular complexity index is 996. The van der Waals surface area contributed by atoms with E-state index in [2.05, 4.69) is 4.98 Å². The fourth-order valence-electron chi connectivity index (χ4n) is 2.06. The number of H-pyrrole nitrogens is 1. The number of Topliss-reactive ketones (excluding diaryl/α,β-unsaturated/α-hetero) is 1. The number of rotatable bonds is 4. The summed E-state index contributed by atoms with van der Waals surface area (Å²) in [7, 11) is 1.58. The summed E-state index contributed by atoms with van der Waals surface area (Å²) in [5, 5.41) is 0. The zero-order chi connectivity index (χ0) is 16.2. The molecular weight excluding hydrogens is 314 g/mol. The first-order valence-electron chi connectivity index (χ1n) is 6.81. The molecule has 0 fully saturated rings. The number of furan rings is 1. The maximum Gasteiger partial charge on any atom is 0.266 e. The number of para-hydroxylation sites is 1. The van der Waals surface area contributed by atoms with Crippen molar-refractivity contribution in [3.8, 4) is 5.75 Å². The van der Waals surface area contributed by atoms with Crippen molar-refractivity contribution in [3.05, 3.63) is 73.5 Å². The Morgan fingerprint density at radius 2 is 2.09 bits per heavy atom. The monoisotopic (exact) mass is 327 g/mol.